The molecular weight excluding hydrogens is 241 g/mol. The number of aryl methyl sites for hydroxylation is 1. The number of carbonyl (C=O) groups is 1. The maximum absolute atomic E-state index is 12.7. The summed E-state index contributed by atoms with van der Waals surface area (Å²) in [6.45, 7) is 5.93. The molecule has 0 aliphatic carbocycles. The van der Waals surface area contributed by atoms with Crippen LogP contribution in [-0.4, -0.2) is 5.91 Å². The Hall–Kier alpha value is -2.16. The number of hydrogen-bond acceptors (Lipinski definition) is 1. The van der Waals surface area contributed by atoms with Crippen molar-refractivity contribution in [1.29, 1.82) is 0 Å². The second-order valence-electron chi connectivity index (χ2n) is 3.83. The average molecular weight is 259 g/mol. The molecular formula is C16H18FNO. The van der Waals surface area contributed by atoms with Gasteiger partial charge in [-0.05, 0) is 43.3 Å². The highest BCUT2D eigenvalue weighted by Crippen LogP contribution is 2.11. The van der Waals surface area contributed by atoms with Gasteiger partial charge in [-0.25, -0.2) is 4.39 Å². The molecule has 19 heavy (non-hydrogen) atoms. The van der Waals surface area contributed by atoms with Crippen molar-refractivity contribution in [3.63, 3.8) is 0 Å². The topological polar surface area (TPSA) is 29.1 Å². The van der Waals surface area contributed by atoms with Gasteiger partial charge in [0.1, 0.15) is 5.82 Å². The first-order valence-electron chi connectivity index (χ1n) is 6.29. The van der Waals surface area contributed by atoms with Gasteiger partial charge in [-0.1, -0.05) is 31.5 Å². The summed E-state index contributed by atoms with van der Waals surface area (Å²) in [7, 11) is 0. The Morgan fingerprint density at radius 3 is 2.26 bits per heavy atom. The summed E-state index contributed by atoms with van der Waals surface area (Å²) in [6, 6.07) is 13.0. The molecule has 1 N–H and O–H groups in total. The van der Waals surface area contributed by atoms with E-state index in [0.717, 1.165) is 5.56 Å². The third-order valence-corrected chi connectivity index (χ3v) is 2.38. The van der Waals surface area contributed by atoms with E-state index < -0.39 is 0 Å². The fourth-order valence-corrected chi connectivity index (χ4v) is 1.52. The molecule has 2 aromatic carbocycles. The summed E-state index contributed by atoms with van der Waals surface area (Å²) in [6.07, 6.45) is 0. The number of halogens is 1. The van der Waals surface area contributed by atoms with E-state index >= 15 is 0 Å². The first-order valence-corrected chi connectivity index (χ1v) is 6.29. The van der Waals surface area contributed by atoms with Gasteiger partial charge >= 0.3 is 0 Å². The van der Waals surface area contributed by atoms with Crippen LogP contribution in [0, 0.1) is 12.7 Å². The molecule has 0 aliphatic heterocycles. The summed E-state index contributed by atoms with van der Waals surface area (Å²) in [4.78, 5) is 11.8. The molecule has 0 saturated heterocycles. The van der Waals surface area contributed by atoms with Crippen LogP contribution in [0.15, 0.2) is 48.5 Å². The lowest BCUT2D eigenvalue weighted by atomic mass is 10.1. The molecule has 1 amide bonds. The van der Waals surface area contributed by atoms with E-state index in [9.17, 15) is 9.18 Å². The van der Waals surface area contributed by atoms with Crippen molar-refractivity contribution in [1.82, 2.24) is 0 Å². The Morgan fingerprint density at radius 2 is 1.68 bits per heavy atom. The van der Waals surface area contributed by atoms with E-state index in [4.69, 9.17) is 0 Å². The Bertz CT molecular complexity index is 535. The molecule has 0 radical (unpaired) electrons. The van der Waals surface area contributed by atoms with Crippen LogP contribution in [0.2, 0.25) is 0 Å². The number of benzene rings is 2. The SMILES string of the molecule is CC.Cc1cccc(C(=O)Nc2ccc(F)cc2)c1. The summed E-state index contributed by atoms with van der Waals surface area (Å²) < 4.78 is 12.7. The zero-order chi connectivity index (χ0) is 14.3. The number of rotatable bonds is 2. The van der Waals surface area contributed by atoms with Gasteiger partial charge in [0.05, 0.1) is 0 Å². The summed E-state index contributed by atoms with van der Waals surface area (Å²) in [5.74, 6) is -0.515. The molecule has 0 fully saturated rings. The molecule has 3 heteroatoms. The lowest BCUT2D eigenvalue weighted by Gasteiger charge is -2.05. The van der Waals surface area contributed by atoms with Crippen LogP contribution < -0.4 is 5.32 Å². The van der Waals surface area contributed by atoms with E-state index in [1.807, 2.05) is 32.9 Å². The first kappa shape index (κ1) is 14.9. The van der Waals surface area contributed by atoms with Crippen LogP contribution >= 0.6 is 0 Å². The van der Waals surface area contributed by atoms with Crippen LogP contribution in [0.5, 0.6) is 0 Å². The normalized spacial score (nSPS) is 9.26. The van der Waals surface area contributed by atoms with Gasteiger partial charge in [0.15, 0.2) is 0 Å². The highest BCUT2D eigenvalue weighted by molar-refractivity contribution is 6.04. The Labute approximate surface area is 113 Å². The maximum Gasteiger partial charge on any atom is 0.255 e. The van der Waals surface area contributed by atoms with Gasteiger partial charge in [0.25, 0.3) is 5.91 Å². The molecule has 0 saturated carbocycles. The average Bonchev–Trinajstić information content (AvgIpc) is 2.43. The van der Waals surface area contributed by atoms with Crippen LogP contribution in [0.1, 0.15) is 29.8 Å². The van der Waals surface area contributed by atoms with Crippen molar-refractivity contribution in [2.24, 2.45) is 0 Å². The highest BCUT2D eigenvalue weighted by atomic mass is 19.1. The third kappa shape index (κ3) is 4.54. The number of carbonyl (C=O) groups excluding carboxylic acids is 1. The van der Waals surface area contributed by atoms with Crippen LogP contribution in [0.3, 0.4) is 0 Å². The standard InChI is InChI=1S/C14H12FNO.C2H6/c1-10-3-2-4-11(9-10)14(17)16-13-7-5-12(15)6-8-13;1-2/h2-9H,1H3,(H,16,17);1-2H3. The Morgan fingerprint density at radius 1 is 1.05 bits per heavy atom. The molecule has 0 spiro atoms. The predicted octanol–water partition coefficient (Wildman–Crippen LogP) is 4.41. The van der Waals surface area contributed by atoms with Crippen molar-refractivity contribution >= 4 is 11.6 Å². The Balaban J connectivity index is 0.000000861. The zero-order valence-electron chi connectivity index (χ0n) is 11.4. The van der Waals surface area contributed by atoms with Crippen molar-refractivity contribution in [2.75, 3.05) is 5.32 Å². The molecule has 0 unspecified atom stereocenters. The predicted molar refractivity (Wildman–Crippen MR) is 76.9 cm³/mol. The summed E-state index contributed by atoms with van der Waals surface area (Å²) in [5.41, 5.74) is 2.20. The molecule has 2 aromatic rings. The minimum atomic E-state index is -0.321. The van der Waals surface area contributed by atoms with Crippen molar-refractivity contribution in [3.05, 3.63) is 65.5 Å². The molecule has 2 rings (SSSR count). The van der Waals surface area contributed by atoms with Gasteiger partial charge in [-0.15, -0.1) is 0 Å². The van der Waals surface area contributed by atoms with Crippen LogP contribution in [0.25, 0.3) is 0 Å². The number of amides is 1. The van der Waals surface area contributed by atoms with Crippen molar-refractivity contribution in [3.8, 4) is 0 Å². The molecule has 0 aromatic heterocycles. The second-order valence-corrected chi connectivity index (χ2v) is 3.83. The van der Waals surface area contributed by atoms with Crippen LogP contribution in [-0.2, 0) is 0 Å². The maximum atomic E-state index is 12.7. The number of nitrogens with one attached hydrogen (secondary N) is 1. The molecule has 0 aliphatic rings. The highest BCUT2D eigenvalue weighted by Gasteiger charge is 2.05. The largest absolute Gasteiger partial charge is 0.322 e. The Kier molecular flexibility index (Phi) is 5.73. The van der Waals surface area contributed by atoms with E-state index in [-0.39, 0.29) is 11.7 Å². The lowest BCUT2D eigenvalue weighted by molar-refractivity contribution is 0.102. The fraction of sp³-hybridized carbons (Fsp3) is 0.188. The summed E-state index contributed by atoms with van der Waals surface area (Å²) in [5, 5.41) is 2.71. The quantitative estimate of drug-likeness (QED) is 0.850. The van der Waals surface area contributed by atoms with E-state index in [1.165, 1.54) is 24.3 Å². The van der Waals surface area contributed by atoms with Gasteiger partial charge in [0, 0.05) is 11.3 Å². The van der Waals surface area contributed by atoms with Crippen molar-refractivity contribution in [2.45, 2.75) is 20.8 Å². The third-order valence-electron chi connectivity index (χ3n) is 2.38. The molecule has 0 atom stereocenters. The molecule has 100 valence electrons. The first-order chi connectivity index (χ1) is 9.15. The van der Waals surface area contributed by atoms with Gasteiger partial charge < -0.3 is 5.32 Å². The minimum Gasteiger partial charge on any atom is -0.322 e. The number of anilines is 1. The molecule has 0 bridgehead atoms. The van der Waals surface area contributed by atoms with Crippen molar-refractivity contribution < 1.29 is 9.18 Å². The summed E-state index contributed by atoms with van der Waals surface area (Å²) >= 11 is 0. The van der Waals surface area contributed by atoms with Gasteiger partial charge in [-0.2, -0.15) is 0 Å². The van der Waals surface area contributed by atoms with Gasteiger partial charge in [-0.3, -0.25) is 4.79 Å². The zero-order valence-corrected chi connectivity index (χ0v) is 11.4. The van der Waals surface area contributed by atoms with E-state index in [1.54, 1.807) is 12.1 Å². The fourth-order valence-electron chi connectivity index (χ4n) is 1.52. The molecule has 0 heterocycles. The van der Waals surface area contributed by atoms with E-state index in [0.29, 0.717) is 11.3 Å². The smallest absolute Gasteiger partial charge is 0.255 e. The second kappa shape index (κ2) is 7.31. The monoisotopic (exact) mass is 259 g/mol. The lowest BCUT2D eigenvalue weighted by Crippen LogP contribution is -2.11. The van der Waals surface area contributed by atoms with Crippen LogP contribution in [0.4, 0.5) is 10.1 Å². The minimum absolute atomic E-state index is 0.194. The molecule has 2 nitrogen and oxygen atoms in total. The number of hydrogen-bond donors (Lipinski definition) is 1. The van der Waals surface area contributed by atoms with Gasteiger partial charge in [0.2, 0.25) is 0 Å². The van der Waals surface area contributed by atoms with E-state index in [2.05, 4.69) is 5.32 Å².